The SMILES string of the molecule is CC(=O)Oc1cc(N(C)C)ccc1C=Nn1c(C(C)C)nc2ccc(Br)cc2c1=O. The van der Waals surface area contributed by atoms with E-state index in [-0.39, 0.29) is 11.5 Å². The van der Waals surface area contributed by atoms with Crippen LogP contribution in [-0.2, 0) is 4.79 Å². The highest BCUT2D eigenvalue weighted by atomic mass is 79.9. The normalized spacial score (nSPS) is 11.4. The van der Waals surface area contributed by atoms with Gasteiger partial charge in [0.05, 0.1) is 17.1 Å². The van der Waals surface area contributed by atoms with Crippen molar-refractivity contribution in [3.8, 4) is 5.75 Å². The van der Waals surface area contributed by atoms with Gasteiger partial charge >= 0.3 is 5.97 Å². The highest BCUT2D eigenvalue weighted by molar-refractivity contribution is 9.10. The van der Waals surface area contributed by atoms with Crippen molar-refractivity contribution in [3.05, 3.63) is 62.6 Å². The number of carbonyl (C=O) groups is 1. The van der Waals surface area contributed by atoms with Gasteiger partial charge in [0.2, 0.25) is 0 Å². The molecule has 3 aromatic rings. The number of halogens is 1. The minimum atomic E-state index is -0.433. The summed E-state index contributed by atoms with van der Waals surface area (Å²) in [6.07, 6.45) is 1.51. The smallest absolute Gasteiger partial charge is 0.308 e. The maximum Gasteiger partial charge on any atom is 0.308 e. The van der Waals surface area contributed by atoms with Crippen LogP contribution in [0.4, 0.5) is 5.69 Å². The number of fused-ring (bicyclic) bond motifs is 1. The van der Waals surface area contributed by atoms with E-state index >= 15 is 0 Å². The Labute approximate surface area is 183 Å². The number of rotatable bonds is 5. The first-order valence-electron chi connectivity index (χ1n) is 9.43. The molecule has 0 aliphatic rings. The summed E-state index contributed by atoms with van der Waals surface area (Å²) in [5.74, 6) is 0.461. The van der Waals surface area contributed by atoms with E-state index in [4.69, 9.17) is 4.74 Å². The van der Waals surface area contributed by atoms with Crippen molar-refractivity contribution < 1.29 is 9.53 Å². The second-order valence-corrected chi connectivity index (χ2v) is 8.27. The Bertz CT molecular complexity index is 1200. The van der Waals surface area contributed by atoms with Gasteiger partial charge in [0.25, 0.3) is 5.56 Å². The monoisotopic (exact) mass is 470 g/mol. The number of nitrogens with zero attached hydrogens (tertiary/aromatic N) is 4. The topological polar surface area (TPSA) is 76.8 Å². The van der Waals surface area contributed by atoms with Gasteiger partial charge in [0, 0.05) is 48.7 Å². The Morgan fingerprint density at radius 2 is 1.97 bits per heavy atom. The lowest BCUT2D eigenvalue weighted by Gasteiger charge is -2.15. The number of hydrogen-bond acceptors (Lipinski definition) is 6. The maximum atomic E-state index is 13.1. The fourth-order valence-electron chi connectivity index (χ4n) is 2.92. The number of hydrogen-bond donors (Lipinski definition) is 0. The number of benzene rings is 2. The highest BCUT2D eigenvalue weighted by Crippen LogP contribution is 2.24. The third kappa shape index (κ3) is 4.59. The summed E-state index contributed by atoms with van der Waals surface area (Å²) in [7, 11) is 3.79. The summed E-state index contributed by atoms with van der Waals surface area (Å²) in [6, 6.07) is 10.8. The number of carbonyl (C=O) groups excluding carboxylic acids is 1. The molecule has 30 heavy (non-hydrogen) atoms. The zero-order chi connectivity index (χ0) is 22.0. The molecule has 1 aromatic heterocycles. The second kappa shape index (κ2) is 8.79. The van der Waals surface area contributed by atoms with E-state index in [9.17, 15) is 9.59 Å². The molecule has 0 N–H and O–H groups in total. The third-order valence-corrected chi connectivity index (χ3v) is 4.92. The molecular weight excluding hydrogens is 448 g/mol. The molecule has 0 unspecified atom stereocenters. The van der Waals surface area contributed by atoms with Crippen LogP contribution in [0.5, 0.6) is 5.75 Å². The van der Waals surface area contributed by atoms with Crippen molar-refractivity contribution in [3.63, 3.8) is 0 Å². The van der Waals surface area contributed by atoms with Gasteiger partial charge in [-0.05, 0) is 30.3 Å². The van der Waals surface area contributed by atoms with Crippen LogP contribution in [0, 0.1) is 0 Å². The van der Waals surface area contributed by atoms with Gasteiger partial charge in [0.1, 0.15) is 11.6 Å². The van der Waals surface area contributed by atoms with Crippen LogP contribution in [0.3, 0.4) is 0 Å². The van der Waals surface area contributed by atoms with E-state index in [2.05, 4.69) is 26.0 Å². The molecule has 0 spiro atoms. The quantitative estimate of drug-likeness (QED) is 0.317. The van der Waals surface area contributed by atoms with E-state index in [1.165, 1.54) is 17.8 Å². The Kier molecular flexibility index (Phi) is 6.36. The predicted molar refractivity (Wildman–Crippen MR) is 123 cm³/mol. The molecular formula is C22H23BrN4O3. The van der Waals surface area contributed by atoms with Crippen molar-refractivity contribution in [2.45, 2.75) is 26.7 Å². The Morgan fingerprint density at radius 3 is 2.60 bits per heavy atom. The standard InChI is InChI=1S/C22H23BrN4O3/c1-13(2)21-25-19-9-7-16(23)10-18(19)22(29)27(21)24-12-15-6-8-17(26(4)5)11-20(15)30-14(3)28/h6-13H,1-5H3. The lowest BCUT2D eigenvalue weighted by Crippen LogP contribution is -2.23. The second-order valence-electron chi connectivity index (χ2n) is 7.36. The van der Waals surface area contributed by atoms with Crippen LogP contribution in [0.2, 0.25) is 0 Å². The Balaban J connectivity index is 2.16. The summed E-state index contributed by atoms with van der Waals surface area (Å²) < 4.78 is 7.44. The molecule has 0 amide bonds. The molecule has 0 radical (unpaired) electrons. The summed E-state index contributed by atoms with van der Waals surface area (Å²) in [5, 5.41) is 4.88. The fourth-order valence-corrected chi connectivity index (χ4v) is 3.28. The molecule has 1 heterocycles. The van der Waals surface area contributed by atoms with E-state index in [1.54, 1.807) is 24.3 Å². The zero-order valence-electron chi connectivity index (χ0n) is 17.5. The van der Waals surface area contributed by atoms with Gasteiger partial charge in [-0.25, -0.2) is 4.98 Å². The van der Waals surface area contributed by atoms with Gasteiger partial charge in [-0.2, -0.15) is 9.78 Å². The van der Waals surface area contributed by atoms with Crippen LogP contribution < -0.4 is 15.2 Å². The molecule has 0 bridgehead atoms. The molecule has 8 heteroatoms. The maximum absolute atomic E-state index is 13.1. The number of anilines is 1. The summed E-state index contributed by atoms with van der Waals surface area (Å²) in [4.78, 5) is 31.2. The number of ether oxygens (including phenoxy) is 1. The summed E-state index contributed by atoms with van der Waals surface area (Å²) in [6.45, 7) is 5.25. The predicted octanol–water partition coefficient (Wildman–Crippen LogP) is 4.16. The number of esters is 1. The van der Waals surface area contributed by atoms with Gasteiger partial charge in [-0.3, -0.25) is 9.59 Å². The van der Waals surface area contributed by atoms with Crippen molar-refractivity contribution in [2.24, 2.45) is 5.10 Å². The average Bonchev–Trinajstić information content (AvgIpc) is 2.67. The zero-order valence-corrected chi connectivity index (χ0v) is 19.1. The van der Waals surface area contributed by atoms with Crippen molar-refractivity contribution >= 4 is 44.7 Å². The van der Waals surface area contributed by atoms with E-state index in [0.29, 0.717) is 28.0 Å². The molecule has 7 nitrogen and oxygen atoms in total. The first-order chi connectivity index (χ1) is 14.2. The van der Waals surface area contributed by atoms with Gasteiger partial charge < -0.3 is 9.64 Å². The molecule has 0 fully saturated rings. The molecule has 0 saturated heterocycles. The van der Waals surface area contributed by atoms with Crippen molar-refractivity contribution in [1.29, 1.82) is 0 Å². The van der Waals surface area contributed by atoms with Crippen molar-refractivity contribution in [1.82, 2.24) is 9.66 Å². The molecule has 0 saturated carbocycles. The van der Waals surface area contributed by atoms with Gasteiger partial charge in [-0.1, -0.05) is 29.8 Å². The van der Waals surface area contributed by atoms with E-state index < -0.39 is 5.97 Å². The lowest BCUT2D eigenvalue weighted by atomic mass is 10.2. The minimum Gasteiger partial charge on any atom is -0.426 e. The Morgan fingerprint density at radius 1 is 1.23 bits per heavy atom. The first kappa shape index (κ1) is 21.7. The molecule has 0 aliphatic heterocycles. The van der Waals surface area contributed by atoms with E-state index in [0.717, 1.165) is 10.2 Å². The minimum absolute atomic E-state index is 0.0213. The van der Waals surface area contributed by atoms with Gasteiger partial charge in [-0.15, -0.1) is 0 Å². The largest absolute Gasteiger partial charge is 0.426 e. The van der Waals surface area contributed by atoms with Gasteiger partial charge in [0.15, 0.2) is 0 Å². The van der Waals surface area contributed by atoms with E-state index in [1.807, 2.05) is 45.0 Å². The van der Waals surface area contributed by atoms with Crippen LogP contribution in [-0.4, -0.2) is 35.9 Å². The molecule has 156 valence electrons. The molecule has 0 atom stereocenters. The highest BCUT2D eigenvalue weighted by Gasteiger charge is 2.14. The fraction of sp³-hybridized carbons (Fsp3) is 0.273. The summed E-state index contributed by atoms with van der Waals surface area (Å²) in [5.41, 5.74) is 1.81. The van der Waals surface area contributed by atoms with Crippen LogP contribution in [0.15, 0.2) is 50.8 Å². The van der Waals surface area contributed by atoms with Crippen LogP contribution in [0.25, 0.3) is 10.9 Å². The average molecular weight is 471 g/mol. The van der Waals surface area contributed by atoms with Crippen molar-refractivity contribution in [2.75, 3.05) is 19.0 Å². The Hall–Kier alpha value is -3.00. The number of aromatic nitrogens is 2. The molecule has 2 aromatic carbocycles. The third-order valence-electron chi connectivity index (χ3n) is 4.43. The molecule has 3 rings (SSSR count). The lowest BCUT2D eigenvalue weighted by molar-refractivity contribution is -0.131. The van der Waals surface area contributed by atoms with Crippen LogP contribution >= 0.6 is 15.9 Å². The first-order valence-corrected chi connectivity index (χ1v) is 10.2. The molecule has 0 aliphatic carbocycles. The van der Waals surface area contributed by atoms with Crippen LogP contribution in [0.1, 0.15) is 38.1 Å². The summed E-state index contributed by atoms with van der Waals surface area (Å²) >= 11 is 3.40.